The summed E-state index contributed by atoms with van der Waals surface area (Å²) in [6.07, 6.45) is 1.49. The van der Waals surface area contributed by atoms with Crippen LogP contribution in [0.2, 0.25) is 0 Å². The molecule has 1 aromatic carbocycles. The molecule has 0 unspecified atom stereocenters. The number of nitrogens with two attached hydrogens (primary N) is 1. The Morgan fingerprint density at radius 3 is 2.63 bits per heavy atom. The summed E-state index contributed by atoms with van der Waals surface area (Å²) in [4.78, 5) is 12.0. The van der Waals surface area contributed by atoms with E-state index in [9.17, 15) is 13.6 Å². The number of hydrogen-bond donors (Lipinski definition) is 1. The predicted octanol–water partition coefficient (Wildman–Crippen LogP) is 2.83. The van der Waals surface area contributed by atoms with Crippen molar-refractivity contribution in [2.75, 3.05) is 5.73 Å². The van der Waals surface area contributed by atoms with Gasteiger partial charge in [-0.05, 0) is 46.1 Å². The number of rotatable bonds is 2. The number of benzene rings is 1. The van der Waals surface area contributed by atoms with Crippen LogP contribution in [0.25, 0.3) is 0 Å². The van der Waals surface area contributed by atoms with Crippen LogP contribution >= 0.6 is 15.9 Å². The van der Waals surface area contributed by atoms with Crippen LogP contribution in [-0.4, -0.2) is 4.57 Å². The maximum Gasteiger partial charge on any atom is 0.265 e. The van der Waals surface area contributed by atoms with Gasteiger partial charge in [0.2, 0.25) is 0 Å². The summed E-state index contributed by atoms with van der Waals surface area (Å²) in [6, 6.07) is 3.52. The van der Waals surface area contributed by atoms with Crippen molar-refractivity contribution in [2.45, 2.75) is 13.5 Å². The number of halogens is 3. The normalized spacial score (nSPS) is 10.7. The van der Waals surface area contributed by atoms with Gasteiger partial charge in [-0.3, -0.25) is 4.79 Å². The summed E-state index contributed by atoms with van der Waals surface area (Å²) in [7, 11) is 0. The van der Waals surface area contributed by atoms with Crippen molar-refractivity contribution in [1.82, 2.24) is 4.57 Å². The van der Waals surface area contributed by atoms with E-state index in [1.165, 1.54) is 16.8 Å². The molecule has 0 saturated heterocycles. The van der Waals surface area contributed by atoms with Crippen LogP contribution in [-0.2, 0) is 6.54 Å². The van der Waals surface area contributed by atoms with Crippen molar-refractivity contribution in [2.24, 2.45) is 0 Å². The summed E-state index contributed by atoms with van der Waals surface area (Å²) in [6.45, 7) is 1.85. The lowest BCUT2D eigenvalue weighted by Crippen LogP contribution is -2.22. The van der Waals surface area contributed by atoms with Gasteiger partial charge in [0.25, 0.3) is 5.56 Å². The van der Waals surface area contributed by atoms with E-state index >= 15 is 0 Å². The second-order valence-electron chi connectivity index (χ2n) is 4.20. The molecule has 2 N–H and O–H groups in total. The molecule has 1 aromatic heterocycles. The highest BCUT2D eigenvalue weighted by molar-refractivity contribution is 9.10. The lowest BCUT2D eigenvalue weighted by molar-refractivity contribution is 0.506. The Bertz CT molecular complexity index is 698. The fraction of sp³-hybridized carbons (Fsp3) is 0.154. The zero-order valence-corrected chi connectivity index (χ0v) is 11.7. The van der Waals surface area contributed by atoms with Crippen LogP contribution in [0, 0.1) is 18.6 Å². The highest BCUT2D eigenvalue weighted by Gasteiger charge is 2.09. The highest BCUT2D eigenvalue weighted by atomic mass is 79.9. The van der Waals surface area contributed by atoms with Crippen molar-refractivity contribution >= 4 is 21.6 Å². The molecule has 0 saturated carbocycles. The molecule has 2 rings (SSSR count). The SMILES string of the molecule is Cc1c(N)cn(Cc2ccc(F)c(F)c2)c(=O)c1Br. The lowest BCUT2D eigenvalue weighted by atomic mass is 10.2. The average molecular weight is 329 g/mol. The smallest absolute Gasteiger partial charge is 0.265 e. The van der Waals surface area contributed by atoms with Crippen molar-refractivity contribution < 1.29 is 8.78 Å². The largest absolute Gasteiger partial charge is 0.397 e. The first-order valence-corrected chi connectivity index (χ1v) is 6.28. The van der Waals surface area contributed by atoms with Gasteiger partial charge in [0.1, 0.15) is 0 Å². The molecule has 2 aromatic rings. The lowest BCUT2D eigenvalue weighted by Gasteiger charge is -2.10. The number of aromatic nitrogens is 1. The van der Waals surface area contributed by atoms with Gasteiger partial charge in [-0.25, -0.2) is 8.78 Å². The van der Waals surface area contributed by atoms with Gasteiger partial charge < -0.3 is 10.3 Å². The molecule has 3 nitrogen and oxygen atoms in total. The maximum absolute atomic E-state index is 13.1. The molecule has 0 aliphatic heterocycles. The summed E-state index contributed by atoms with van der Waals surface area (Å²) in [5, 5.41) is 0. The standard InChI is InChI=1S/C13H11BrF2N2O/c1-7-11(17)6-18(13(19)12(7)14)5-8-2-3-9(15)10(16)4-8/h2-4,6H,5,17H2,1H3. The number of nitrogen functional groups attached to an aromatic ring is 1. The summed E-state index contributed by atoms with van der Waals surface area (Å²) in [5.74, 6) is -1.86. The second-order valence-corrected chi connectivity index (χ2v) is 5.00. The molecule has 0 bridgehead atoms. The third kappa shape index (κ3) is 2.68. The molecule has 0 radical (unpaired) electrons. The zero-order valence-electron chi connectivity index (χ0n) is 10.1. The highest BCUT2D eigenvalue weighted by Crippen LogP contribution is 2.18. The number of pyridine rings is 1. The number of hydrogen-bond acceptors (Lipinski definition) is 2. The van der Waals surface area contributed by atoms with Gasteiger partial charge in [0, 0.05) is 6.20 Å². The van der Waals surface area contributed by atoms with E-state index in [1.807, 2.05) is 0 Å². The van der Waals surface area contributed by atoms with Crippen molar-refractivity contribution in [3.63, 3.8) is 0 Å². The molecule has 0 aliphatic carbocycles. The van der Waals surface area contributed by atoms with Gasteiger partial charge in [-0.2, -0.15) is 0 Å². The minimum absolute atomic E-state index is 0.124. The van der Waals surface area contributed by atoms with Gasteiger partial charge in [0.15, 0.2) is 11.6 Å². The molecular formula is C13H11BrF2N2O. The van der Waals surface area contributed by atoms with E-state index < -0.39 is 11.6 Å². The third-order valence-corrected chi connectivity index (χ3v) is 3.78. The van der Waals surface area contributed by atoms with Gasteiger partial charge in [0.05, 0.1) is 16.7 Å². The molecule has 0 aliphatic rings. The Morgan fingerprint density at radius 1 is 1.32 bits per heavy atom. The van der Waals surface area contributed by atoms with Crippen molar-refractivity contribution in [3.8, 4) is 0 Å². The van der Waals surface area contributed by atoms with Gasteiger partial charge in [-0.1, -0.05) is 6.07 Å². The van der Waals surface area contributed by atoms with Crippen LogP contribution in [0.3, 0.4) is 0 Å². The Morgan fingerprint density at radius 2 is 2.00 bits per heavy atom. The first-order valence-electron chi connectivity index (χ1n) is 5.49. The Balaban J connectivity index is 2.44. The van der Waals surface area contributed by atoms with E-state index in [2.05, 4.69) is 15.9 Å². The van der Waals surface area contributed by atoms with Crippen LogP contribution in [0.4, 0.5) is 14.5 Å². The molecule has 6 heteroatoms. The Labute approximate surface area is 116 Å². The van der Waals surface area contributed by atoms with E-state index in [-0.39, 0.29) is 12.1 Å². The fourth-order valence-electron chi connectivity index (χ4n) is 1.69. The molecule has 1 heterocycles. The van der Waals surface area contributed by atoms with Crippen LogP contribution < -0.4 is 11.3 Å². The van der Waals surface area contributed by atoms with Gasteiger partial charge >= 0.3 is 0 Å². The van der Waals surface area contributed by atoms with Crippen molar-refractivity contribution in [1.29, 1.82) is 0 Å². The summed E-state index contributed by atoms with van der Waals surface area (Å²) >= 11 is 3.17. The molecule has 19 heavy (non-hydrogen) atoms. The molecule has 0 atom stereocenters. The van der Waals surface area contributed by atoms with E-state index in [1.54, 1.807) is 6.92 Å². The molecule has 0 spiro atoms. The predicted molar refractivity (Wildman–Crippen MR) is 73.0 cm³/mol. The second kappa shape index (κ2) is 5.13. The molecule has 0 fully saturated rings. The molecule has 0 amide bonds. The van der Waals surface area contributed by atoms with Crippen LogP contribution in [0.15, 0.2) is 33.7 Å². The van der Waals surface area contributed by atoms with Gasteiger partial charge in [-0.15, -0.1) is 0 Å². The van der Waals surface area contributed by atoms with E-state index in [0.717, 1.165) is 12.1 Å². The molecular weight excluding hydrogens is 318 g/mol. The fourth-order valence-corrected chi connectivity index (χ4v) is 2.15. The first-order chi connectivity index (χ1) is 8.90. The quantitative estimate of drug-likeness (QED) is 0.921. The number of anilines is 1. The third-order valence-electron chi connectivity index (χ3n) is 2.84. The average Bonchev–Trinajstić information content (AvgIpc) is 2.38. The summed E-state index contributed by atoms with van der Waals surface area (Å²) < 4.78 is 27.7. The Kier molecular flexibility index (Phi) is 3.71. The minimum Gasteiger partial charge on any atom is -0.397 e. The van der Waals surface area contributed by atoms with Crippen molar-refractivity contribution in [3.05, 3.63) is 62.0 Å². The topological polar surface area (TPSA) is 48.0 Å². The maximum atomic E-state index is 13.1. The van der Waals surface area contributed by atoms with Crippen LogP contribution in [0.5, 0.6) is 0 Å². The molecule has 100 valence electrons. The monoisotopic (exact) mass is 328 g/mol. The Hall–Kier alpha value is -1.69. The van der Waals surface area contributed by atoms with E-state index in [0.29, 0.717) is 21.3 Å². The van der Waals surface area contributed by atoms with E-state index in [4.69, 9.17) is 5.73 Å². The summed E-state index contributed by atoms with van der Waals surface area (Å²) in [5.41, 5.74) is 7.10. The van der Waals surface area contributed by atoms with Crippen LogP contribution in [0.1, 0.15) is 11.1 Å². The zero-order chi connectivity index (χ0) is 14.2. The first kappa shape index (κ1) is 13.7. The number of nitrogens with zero attached hydrogens (tertiary/aromatic N) is 1. The minimum atomic E-state index is -0.940.